The molecule has 9 aromatic rings. The van der Waals surface area contributed by atoms with Crippen LogP contribution in [0.25, 0.3) is 88.4 Å². The monoisotopic (exact) mass is 549 g/mol. The van der Waals surface area contributed by atoms with Crippen molar-refractivity contribution < 1.29 is 4.42 Å². The number of rotatable bonds is 3. The fourth-order valence-corrected chi connectivity index (χ4v) is 6.31. The zero-order valence-electron chi connectivity index (χ0n) is 23.0. The molecular formula is C39H23N3O. The number of hydrogen-bond acceptors (Lipinski definition) is 4. The van der Waals surface area contributed by atoms with Gasteiger partial charge in [-0.2, -0.15) is 0 Å². The molecular weight excluding hydrogens is 526 g/mol. The molecule has 2 aromatic heterocycles. The van der Waals surface area contributed by atoms with Gasteiger partial charge in [0.25, 0.3) is 0 Å². The maximum absolute atomic E-state index is 6.50. The van der Waals surface area contributed by atoms with Crippen LogP contribution >= 0.6 is 0 Å². The molecule has 0 aliphatic heterocycles. The molecule has 0 amide bonds. The molecule has 200 valence electrons. The van der Waals surface area contributed by atoms with Crippen LogP contribution in [0.1, 0.15) is 0 Å². The minimum absolute atomic E-state index is 0.646. The van der Waals surface area contributed by atoms with Crippen LogP contribution in [0.5, 0.6) is 0 Å². The van der Waals surface area contributed by atoms with E-state index in [0.29, 0.717) is 17.5 Å². The molecule has 43 heavy (non-hydrogen) atoms. The van der Waals surface area contributed by atoms with Gasteiger partial charge in [0, 0.05) is 38.2 Å². The summed E-state index contributed by atoms with van der Waals surface area (Å²) in [6.45, 7) is 0. The van der Waals surface area contributed by atoms with Crippen LogP contribution in [-0.2, 0) is 0 Å². The molecule has 0 aliphatic carbocycles. The minimum Gasteiger partial charge on any atom is -0.455 e. The summed E-state index contributed by atoms with van der Waals surface area (Å²) in [5.74, 6) is 1.95. The van der Waals surface area contributed by atoms with Crippen molar-refractivity contribution in [1.29, 1.82) is 0 Å². The summed E-state index contributed by atoms with van der Waals surface area (Å²) in [6.07, 6.45) is 0. The highest BCUT2D eigenvalue weighted by Crippen LogP contribution is 2.43. The Morgan fingerprint density at radius 1 is 0.372 bits per heavy atom. The molecule has 0 spiro atoms. The molecule has 0 bridgehead atoms. The van der Waals surface area contributed by atoms with E-state index in [9.17, 15) is 0 Å². The average Bonchev–Trinajstić information content (AvgIpc) is 3.48. The molecule has 0 radical (unpaired) electrons. The lowest BCUT2D eigenvalue weighted by Gasteiger charge is -2.12. The zero-order valence-corrected chi connectivity index (χ0v) is 23.0. The fourth-order valence-electron chi connectivity index (χ4n) is 6.31. The van der Waals surface area contributed by atoms with Crippen molar-refractivity contribution in [3.05, 3.63) is 140 Å². The first kappa shape index (κ1) is 23.8. The van der Waals surface area contributed by atoms with E-state index in [0.717, 1.165) is 44.0 Å². The summed E-state index contributed by atoms with van der Waals surface area (Å²) in [6, 6.07) is 48.0. The van der Waals surface area contributed by atoms with Crippen LogP contribution in [-0.4, -0.2) is 15.0 Å². The van der Waals surface area contributed by atoms with E-state index < -0.39 is 0 Å². The number of hydrogen-bond donors (Lipinski definition) is 0. The van der Waals surface area contributed by atoms with Gasteiger partial charge >= 0.3 is 0 Å². The van der Waals surface area contributed by atoms with E-state index in [2.05, 4.69) is 66.7 Å². The Bertz CT molecular complexity index is 2440. The number of benzene rings is 7. The van der Waals surface area contributed by atoms with E-state index in [1.165, 1.54) is 26.9 Å². The summed E-state index contributed by atoms with van der Waals surface area (Å²) in [5.41, 5.74) is 4.69. The van der Waals surface area contributed by atoms with E-state index in [1.54, 1.807) is 0 Å². The molecule has 0 N–H and O–H groups in total. The van der Waals surface area contributed by atoms with E-state index in [-0.39, 0.29) is 0 Å². The Labute approximate surface area is 246 Å². The number of furan rings is 1. The normalized spacial score (nSPS) is 11.7. The van der Waals surface area contributed by atoms with Gasteiger partial charge in [-0.3, -0.25) is 0 Å². The van der Waals surface area contributed by atoms with Gasteiger partial charge in [0.05, 0.1) is 0 Å². The SMILES string of the molecule is c1ccc(-c2nc(-c3ccccc3)nc(-c3ccc4c(ccc5c6oc7ccccc7c6c6ccccc6c45)c3)n2)cc1. The first-order valence-electron chi connectivity index (χ1n) is 14.4. The second-order valence-electron chi connectivity index (χ2n) is 10.8. The van der Waals surface area contributed by atoms with E-state index in [4.69, 9.17) is 19.4 Å². The van der Waals surface area contributed by atoms with Gasteiger partial charge in [0.2, 0.25) is 0 Å². The number of para-hydroxylation sites is 1. The fraction of sp³-hybridized carbons (Fsp3) is 0. The second-order valence-corrected chi connectivity index (χ2v) is 10.8. The van der Waals surface area contributed by atoms with Crippen molar-refractivity contribution in [2.24, 2.45) is 0 Å². The van der Waals surface area contributed by atoms with Gasteiger partial charge in [-0.15, -0.1) is 0 Å². The van der Waals surface area contributed by atoms with Crippen LogP contribution in [0, 0.1) is 0 Å². The zero-order chi connectivity index (χ0) is 28.3. The number of nitrogens with zero attached hydrogens (tertiary/aromatic N) is 3. The molecule has 0 saturated carbocycles. The predicted octanol–water partition coefficient (Wildman–Crippen LogP) is 10.2. The van der Waals surface area contributed by atoms with E-state index in [1.807, 2.05) is 72.8 Å². The van der Waals surface area contributed by atoms with Gasteiger partial charge in [0.1, 0.15) is 11.2 Å². The summed E-state index contributed by atoms with van der Waals surface area (Å²) >= 11 is 0. The quantitative estimate of drug-likeness (QED) is 0.206. The van der Waals surface area contributed by atoms with Gasteiger partial charge in [-0.25, -0.2) is 15.0 Å². The molecule has 0 fully saturated rings. The van der Waals surface area contributed by atoms with E-state index >= 15 is 0 Å². The van der Waals surface area contributed by atoms with Crippen LogP contribution in [0.4, 0.5) is 0 Å². The van der Waals surface area contributed by atoms with Crippen molar-refractivity contribution in [2.75, 3.05) is 0 Å². The maximum atomic E-state index is 6.50. The summed E-state index contributed by atoms with van der Waals surface area (Å²) in [5, 5.41) is 9.32. The minimum atomic E-state index is 0.646. The lowest BCUT2D eigenvalue weighted by atomic mass is 9.92. The maximum Gasteiger partial charge on any atom is 0.164 e. The Morgan fingerprint density at radius 2 is 0.907 bits per heavy atom. The van der Waals surface area contributed by atoms with Gasteiger partial charge in [-0.1, -0.05) is 121 Å². The van der Waals surface area contributed by atoms with Crippen molar-refractivity contribution in [3.8, 4) is 34.2 Å². The second kappa shape index (κ2) is 9.33. The third-order valence-electron chi connectivity index (χ3n) is 8.28. The van der Waals surface area contributed by atoms with Crippen molar-refractivity contribution in [1.82, 2.24) is 15.0 Å². The third kappa shape index (κ3) is 3.74. The van der Waals surface area contributed by atoms with Gasteiger partial charge in [0.15, 0.2) is 17.5 Å². The highest BCUT2D eigenvalue weighted by atomic mass is 16.3. The Hall–Kier alpha value is -5.87. The molecule has 0 atom stereocenters. The highest BCUT2D eigenvalue weighted by Gasteiger charge is 2.18. The molecule has 4 heteroatoms. The van der Waals surface area contributed by atoms with Crippen molar-refractivity contribution in [2.45, 2.75) is 0 Å². The number of aromatic nitrogens is 3. The first-order valence-corrected chi connectivity index (χ1v) is 14.4. The van der Waals surface area contributed by atoms with Gasteiger partial charge in [-0.05, 0) is 39.7 Å². The lowest BCUT2D eigenvalue weighted by molar-refractivity contribution is 0.673. The van der Waals surface area contributed by atoms with Crippen LogP contribution < -0.4 is 0 Å². The molecule has 2 heterocycles. The van der Waals surface area contributed by atoms with Crippen LogP contribution in [0.15, 0.2) is 144 Å². The smallest absolute Gasteiger partial charge is 0.164 e. The first-order chi connectivity index (χ1) is 21.3. The summed E-state index contributed by atoms with van der Waals surface area (Å²) in [7, 11) is 0. The topological polar surface area (TPSA) is 51.8 Å². The Kier molecular flexibility index (Phi) is 5.16. The Morgan fingerprint density at radius 3 is 1.58 bits per heavy atom. The molecule has 9 rings (SSSR count). The highest BCUT2D eigenvalue weighted by molar-refractivity contribution is 6.34. The lowest BCUT2D eigenvalue weighted by Crippen LogP contribution is -2.00. The molecule has 0 unspecified atom stereocenters. The molecule has 7 aromatic carbocycles. The molecule has 0 saturated heterocycles. The third-order valence-corrected chi connectivity index (χ3v) is 8.28. The standard InChI is InChI=1S/C39H23N3O/c1-3-11-24(12-4-1)37-40-38(25-13-5-2-6-14-25)42-39(41-37)27-20-21-28-26(23-27)19-22-32-34(28)29-15-7-8-16-30(29)35-31-17-9-10-18-33(31)43-36(32)35/h1-23H. The summed E-state index contributed by atoms with van der Waals surface area (Å²) < 4.78 is 6.50. The summed E-state index contributed by atoms with van der Waals surface area (Å²) in [4.78, 5) is 14.7. The van der Waals surface area contributed by atoms with Gasteiger partial charge < -0.3 is 4.42 Å². The van der Waals surface area contributed by atoms with Crippen molar-refractivity contribution in [3.63, 3.8) is 0 Å². The van der Waals surface area contributed by atoms with Crippen LogP contribution in [0.3, 0.4) is 0 Å². The molecule has 4 nitrogen and oxygen atoms in total. The number of fused-ring (bicyclic) bond motifs is 10. The largest absolute Gasteiger partial charge is 0.455 e. The molecule has 0 aliphatic rings. The Balaban J connectivity index is 1.30. The van der Waals surface area contributed by atoms with Crippen molar-refractivity contribution >= 4 is 54.3 Å². The van der Waals surface area contributed by atoms with Crippen LogP contribution in [0.2, 0.25) is 0 Å². The average molecular weight is 550 g/mol. The predicted molar refractivity (Wildman–Crippen MR) is 176 cm³/mol.